The van der Waals surface area contributed by atoms with Crippen molar-refractivity contribution in [3.63, 3.8) is 0 Å². The number of benzene rings is 1. The maximum Gasteiger partial charge on any atom is 0.194 e. The quantitative estimate of drug-likeness (QED) is 0.663. The smallest absolute Gasteiger partial charge is 0.194 e. The van der Waals surface area contributed by atoms with Crippen molar-refractivity contribution in [2.24, 2.45) is 4.99 Å². The molecule has 0 radical (unpaired) electrons. The summed E-state index contributed by atoms with van der Waals surface area (Å²) in [6, 6.07) is 8.37. The van der Waals surface area contributed by atoms with Gasteiger partial charge in [0.1, 0.15) is 0 Å². The lowest BCUT2D eigenvalue weighted by Gasteiger charge is -2.39. The highest BCUT2D eigenvalue weighted by Crippen LogP contribution is 2.29. The largest absolute Gasteiger partial charge is 0.380 e. The molecule has 0 unspecified atom stereocenters. The van der Waals surface area contributed by atoms with Gasteiger partial charge >= 0.3 is 0 Å². The molecule has 1 aromatic carbocycles. The average Bonchev–Trinajstić information content (AvgIpc) is 2.52. The minimum atomic E-state index is 0.280. The Morgan fingerprint density at radius 3 is 2.74 bits per heavy atom. The highest BCUT2D eigenvalue weighted by atomic mass is 32.2. The summed E-state index contributed by atoms with van der Waals surface area (Å²) >= 11 is 2.04. The molecule has 0 aromatic heterocycles. The molecule has 4 nitrogen and oxygen atoms in total. The molecule has 23 heavy (non-hydrogen) atoms. The molecule has 1 aromatic rings. The van der Waals surface area contributed by atoms with E-state index in [0.717, 1.165) is 31.3 Å². The second-order valence-corrected chi connectivity index (χ2v) is 8.20. The van der Waals surface area contributed by atoms with E-state index < -0.39 is 0 Å². The molecule has 0 spiro atoms. The van der Waals surface area contributed by atoms with Crippen LogP contribution < -0.4 is 5.32 Å². The monoisotopic (exact) mass is 335 g/mol. The minimum absolute atomic E-state index is 0.280. The third kappa shape index (κ3) is 5.43. The van der Waals surface area contributed by atoms with Gasteiger partial charge in [-0.1, -0.05) is 24.3 Å². The number of hydrogen-bond acceptors (Lipinski definition) is 3. The molecular weight excluding hydrogens is 306 g/mol. The number of guanidine groups is 1. The molecule has 1 aliphatic heterocycles. The fraction of sp³-hybridized carbons (Fsp3) is 0.611. The number of hydrogen-bond donors (Lipinski definition) is 1. The van der Waals surface area contributed by atoms with E-state index in [0.29, 0.717) is 13.2 Å². The van der Waals surface area contributed by atoms with Gasteiger partial charge in [0, 0.05) is 37.2 Å². The second-order valence-electron chi connectivity index (χ2n) is 6.40. The van der Waals surface area contributed by atoms with Crippen LogP contribution in [0, 0.1) is 0 Å². The van der Waals surface area contributed by atoms with Gasteiger partial charge in [-0.2, -0.15) is 11.8 Å². The number of methoxy groups -OCH3 is 1. The number of aliphatic imine (C=N–C) groups is 1. The molecule has 5 heteroatoms. The summed E-state index contributed by atoms with van der Waals surface area (Å²) in [5.41, 5.74) is 2.44. The maximum absolute atomic E-state index is 5.29. The first-order valence-corrected chi connectivity index (χ1v) is 9.27. The predicted octanol–water partition coefficient (Wildman–Crippen LogP) is 3.13. The van der Waals surface area contributed by atoms with Crippen LogP contribution in [-0.4, -0.2) is 48.1 Å². The fourth-order valence-corrected chi connectivity index (χ4v) is 3.90. The van der Waals surface area contributed by atoms with Crippen LogP contribution in [0.1, 0.15) is 31.9 Å². The molecule has 1 fully saturated rings. The Hall–Kier alpha value is -1.20. The highest BCUT2D eigenvalue weighted by Gasteiger charge is 2.28. The normalized spacial score (nSPS) is 18.1. The lowest BCUT2D eigenvalue weighted by atomic mass is 10.1. The Morgan fingerprint density at radius 2 is 2.09 bits per heavy atom. The molecule has 1 heterocycles. The van der Waals surface area contributed by atoms with Crippen LogP contribution in [0.3, 0.4) is 0 Å². The molecular formula is C18H29N3OS. The van der Waals surface area contributed by atoms with Crippen LogP contribution in [0.2, 0.25) is 0 Å². The van der Waals surface area contributed by atoms with E-state index >= 15 is 0 Å². The fourth-order valence-electron chi connectivity index (χ4n) is 2.79. The summed E-state index contributed by atoms with van der Waals surface area (Å²) < 4.78 is 5.57. The molecule has 0 amide bonds. The lowest BCUT2D eigenvalue weighted by molar-refractivity contribution is 0.184. The Bertz CT molecular complexity index is 531. The van der Waals surface area contributed by atoms with Crippen molar-refractivity contribution >= 4 is 17.7 Å². The first kappa shape index (κ1) is 18.1. The Balaban J connectivity index is 2.13. The topological polar surface area (TPSA) is 36.9 Å². The van der Waals surface area contributed by atoms with Crippen molar-refractivity contribution in [2.75, 3.05) is 32.5 Å². The van der Waals surface area contributed by atoms with E-state index in [1.54, 1.807) is 7.11 Å². The van der Waals surface area contributed by atoms with Crippen LogP contribution in [0.5, 0.6) is 0 Å². The number of thioether (sulfide) groups is 1. The zero-order valence-corrected chi connectivity index (χ0v) is 15.6. The third-order valence-corrected chi connectivity index (χ3v) is 5.17. The van der Waals surface area contributed by atoms with Gasteiger partial charge in [-0.15, -0.1) is 0 Å². The zero-order valence-electron chi connectivity index (χ0n) is 14.8. The maximum atomic E-state index is 5.29. The van der Waals surface area contributed by atoms with Gasteiger partial charge in [-0.3, -0.25) is 0 Å². The summed E-state index contributed by atoms with van der Waals surface area (Å²) in [4.78, 5) is 7.27. The molecule has 2 rings (SSSR count). The number of nitrogens with one attached hydrogen (secondary N) is 1. The van der Waals surface area contributed by atoms with Crippen LogP contribution in [0.4, 0.5) is 0 Å². The molecule has 0 atom stereocenters. The number of nitrogens with zero attached hydrogens (tertiary/aromatic N) is 2. The first-order valence-electron chi connectivity index (χ1n) is 8.28. The summed E-state index contributed by atoms with van der Waals surface area (Å²) in [5, 5.41) is 3.45. The van der Waals surface area contributed by atoms with Crippen molar-refractivity contribution in [3.8, 4) is 0 Å². The molecule has 1 N–H and O–H groups in total. The van der Waals surface area contributed by atoms with Gasteiger partial charge in [-0.25, -0.2) is 4.99 Å². The molecule has 0 saturated carbocycles. The predicted molar refractivity (Wildman–Crippen MR) is 100 cm³/mol. The summed E-state index contributed by atoms with van der Waals surface area (Å²) in [6.07, 6.45) is 0. The lowest BCUT2D eigenvalue weighted by Crippen LogP contribution is -2.50. The number of ether oxygens (including phenoxy) is 1. The SMILES string of the molecule is CCNC(=NCc1ccccc1COC)N1CCSC(C)(C)C1. The summed E-state index contributed by atoms with van der Waals surface area (Å²) in [7, 11) is 1.73. The number of rotatable bonds is 5. The summed E-state index contributed by atoms with van der Waals surface area (Å²) in [6.45, 7) is 11.0. The van der Waals surface area contributed by atoms with E-state index in [1.165, 1.54) is 11.1 Å². The van der Waals surface area contributed by atoms with Crippen LogP contribution >= 0.6 is 11.8 Å². The molecule has 0 aliphatic carbocycles. The van der Waals surface area contributed by atoms with E-state index in [2.05, 4.69) is 55.3 Å². The van der Waals surface area contributed by atoms with E-state index in [4.69, 9.17) is 9.73 Å². The van der Waals surface area contributed by atoms with Gasteiger partial charge in [-0.05, 0) is 31.9 Å². The van der Waals surface area contributed by atoms with Gasteiger partial charge in [0.05, 0.1) is 13.2 Å². The molecule has 1 aliphatic rings. The Morgan fingerprint density at radius 1 is 1.35 bits per heavy atom. The van der Waals surface area contributed by atoms with Crippen molar-refractivity contribution < 1.29 is 4.74 Å². The van der Waals surface area contributed by atoms with Gasteiger partial charge < -0.3 is 15.0 Å². The van der Waals surface area contributed by atoms with E-state index in [-0.39, 0.29) is 4.75 Å². The van der Waals surface area contributed by atoms with Crippen LogP contribution in [0.25, 0.3) is 0 Å². The Labute approximate surface area is 144 Å². The average molecular weight is 336 g/mol. The van der Waals surface area contributed by atoms with Gasteiger partial charge in [0.2, 0.25) is 0 Å². The van der Waals surface area contributed by atoms with E-state index in [9.17, 15) is 0 Å². The zero-order chi connectivity index (χ0) is 16.7. The van der Waals surface area contributed by atoms with Gasteiger partial charge in [0.25, 0.3) is 0 Å². The van der Waals surface area contributed by atoms with Crippen molar-refractivity contribution in [1.82, 2.24) is 10.2 Å². The van der Waals surface area contributed by atoms with Crippen molar-refractivity contribution in [2.45, 2.75) is 38.7 Å². The van der Waals surface area contributed by atoms with E-state index in [1.807, 2.05) is 11.8 Å². The first-order chi connectivity index (χ1) is 11.1. The Kier molecular flexibility index (Phi) is 6.78. The van der Waals surface area contributed by atoms with Crippen LogP contribution in [-0.2, 0) is 17.9 Å². The minimum Gasteiger partial charge on any atom is -0.380 e. The molecule has 128 valence electrons. The molecule has 1 saturated heterocycles. The van der Waals surface area contributed by atoms with Crippen LogP contribution in [0.15, 0.2) is 29.3 Å². The third-order valence-electron chi connectivity index (χ3n) is 3.88. The van der Waals surface area contributed by atoms with Crippen molar-refractivity contribution in [1.29, 1.82) is 0 Å². The standard InChI is InChI=1S/C18H29N3OS/c1-5-19-17(21-10-11-23-18(2,3)14-21)20-12-15-8-6-7-9-16(15)13-22-4/h6-9H,5,10-14H2,1-4H3,(H,19,20). The molecule has 0 bridgehead atoms. The summed E-state index contributed by atoms with van der Waals surface area (Å²) in [5.74, 6) is 2.17. The highest BCUT2D eigenvalue weighted by molar-refractivity contribution is 8.00. The van der Waals surface area contributed by atoms with Gasteiger partial charge in [0.15, 0.2) is 5.96 Å². The second kappa shape index (κ2) is 8.60. The van der Waals surface area contributed by atoms with Crippen molar-refractivity contribution in [3.05, 3.63) is 35.4 Å².